The van der Waals surface area contributed by atoms with E-state index in [1.54, 1.807) is 37.3 Å². The van der Waals surface area contributed by atoms with E-state index in [0.717, 1.165) is 12.1 Å². The second kappa shape index (κ2) is 8.82. The van der Waals surface area contributed by atoms with E-state index >= 15 is 0 Å². The molecule has 0 aliphatic heterocycles. The van der Waals surface area contributed by atoms with Gasteiger partial charge < -0.3 is 10.6 Å². The highest BCUT2D eigenvalue weighted by atomic mass is 32.2. The van der Waals surface area contributed by atoms with Crippen molar-refractivity contribution >= 4 is 21.6 Å². The molecular weight excluding hydrogens is 350 g/mol. The minimum absolute atomic E-state index is 0.234. The van der Waals surface area contributed by atoms with E-state index in [1.807, 2.05) is 19.9 Å². The van der Waals surface area contributed by atoms with Crippen molar-refractivity contribution in [1.82, 2.24) is 10.6 Å². The van der Waals surface area contributed by atoms with Gasteiger partial charge in [0.05, 0.1) is 4.90 Å². The average Bonchev–Trinajstić information content (AvgIpc) is 2.60. The van der Waals surface area contributed by atoms with E-state index in [2.05, 4.69) is 15.4 Å². The molecule has 0 heterocycles. The van der Waals surface area contributed by atoms with Crippen LogP contribution in [0, 0.1) is 13.8 Å². The zero-order valence-corrected chi connectivity index (χ0v) is 16.1. The van der Waals surface area contributed by atoms with E-state index < -0.39 is 10.0 Å². The molecule has 0 unspecified atom stereocenters. The van der Waals surface area contributed by atoms with Crippen LogP contribution < -0.4 is 15.4 Å². The fourth-order valence-electron chi connectivity index (χ4n) is 2.47. The summed E-state index contributed by atoms with van der Waals surface area (Å²) in [4.78, 5) is 12.4. The smallest absolute Gasteiger partial charge is 0.262 e. The first kappa shape index (κ1) is 19.9. The van der Waals surface area contributed by atoms with Crippen molar-refractivity contribution in [2.45, 2.75) is 25.7 Å². The molecule has 0 radical (unpaired) electrons. The number of hydrogen-bond donors (Lipinski definition) is 3. The summed E-state index contributed by atoms with van der Waals surface area (Å²) in [5.41, 5.74) is 2.29. The number of amides is 1. The fourth-order valence-corrected chi connectivity index (χ4v) is 3.85. The molecule has 2 rings (SSSR count). The van der Waals surface area contributed by atoms with Gasteiger partial charge in [0.25, 0.3) is 15.9 Å². The van der Waals surface area contributed by atoms with Crippen molar-refractivity contribution in [3.63, 3.8) is 0 Å². The molecule has 0 spiro atoms. The molecule has 0 fully saturated rings. The highest BCUT2D eigenvalue weighted by molar-refractivity contribution is 7.92. The number of hydrogen-bond acceptors (Lipinski definition) is 4. The lowest BCUT2D eigenvalue weighted by Crippen LogP contribution is -2.31. The minimum atomic E-state index is -3.72. The van der Waals surface area contributed by atoms with Crippen LogP contribution >= 0.6 is 0 Å². The zero-order chi connectivity index (χ0) is 19.2. The largest absolute Gasteiger partial charge is 0.351 e. The number of benzene rings is 2. The Hall–Kier alpha value is -2.38. The molecule has 140 valence electrons. The first-order chi connectivity index (χ1) is 12.3. The number of nitrogens with one attached hydrogen (secondary N) is 3. The third kappa shape index (κ3) is 5.31. The van der Waals surface area contributed by atoms with Crippen LogP contribution in [-0.4, -0.2) is 34.0 Å². The number of aryl methyl sites for hydroxylation is 2. The van der Waals surface area contributed by atoms with Crippen LogP contribution in [0.25, 0.3) is 0 Å². The maximum absolute atomic E-state index is 12.7. The first-order valence-electron chi connectivity index (χ1n) is 8.52. The standard InChI is InChI=1S/C19H25N3O3S/c1-4-20-10-11-21-19(23)16-6-5-7-17(13-16)22-26(24,25)18-12-14(2)8-9-15(18)3/h5-9,12-13,20,22H,4,10-11H2,1-3H3,(H,21,23). The molecule has 0 aromatic heterocycles. The van der Waals surface area contributed by atoms with Crippen LogP contribution in [-0.2, 0) is 10.0 Å². The van der Waals surface area contributed by atoms with Crippen molar-refractivity contribution in [2.24, 2.45) is 0 Å². The number of carbonyl (C=O) groups is 1. The maximum Gasteiger partial charge on any atom is 0.262 e. The van der Waals surface area contributed by atoms with Crippen LogP contribution in [0.5, 0.6) is 0 Å². The van der Waals surface area contributed by atoms with E-state index in [9.17, 15) is 13.2 Å². The van der Waals surface area contributed by atoms with Gasteiger partial charge in [-0.15, -0.1) is 0 Å². The van der Waals surface area contributed by atoms with Gasteiger partial charge in [0.1, 0.15) is 0 Å². The predicted molar refractivity (Wildman–Crippen MR) is 104 cm³/mol. The first-order valence-corrected chi connectivity index (χ1v) is 10.0. The average molecular weight is 375 g/mol. The normalized spacial score (nSPS) is 11.2. The third-order valence-electron chi connectivity index (χ3n) is 3.85. The monoisotopic (exact) mass is 375 g/mol. The summed E-state index contributed by atoms with van der Waals surface area (Å²) in [7, 11) is -3.72. The highest BCUT2D eigenvalue weighted by Crippen LogP contribution is 2.21. The summed E-state index contributed by atoms with van der Waals surface area (Å²) in [5, 5.41) is 5.91. The molecule has 0 bridgehead atoms. The number of sulfonamides is 1. The molecule has 2 aromatic carbocycles. The SMILES string of the molecule is CCNCCNC(=O)c1cccc(NS(=O)(=O)c2cc(C)ccc2C)c1. The lowest BCUT2D eigenvalue weighted by Gasteiger charge is -2.12. The molecule has 0 atom stereocenters. The predicted octanol–water partition coefficient (Wildman–Crippen LogP) is 2.44. The Labute approximate surface area is 155 Å². The number of carbonyl (C=O) groups excluding carboxylic acids is 1. The molecule has 2 aromatic rings. The summed E-state index contributed by atoms with van der Waals surface area (Å²) < 4.78 is 27.9. The summed E-state index contributed by atoms with van der Waals surface area (Å²) >= 11 is 0. The molecular formula is C19H25N3O3S. The lowest BCUT2D eigenvalue weighted by molar-refractivity contribution is 0.0954. The number of anilines is 1. The second-order valence-corrected chi connectivity index (χ2v) is 7.72. The Bertz CT molecular complexity index is 879. The molecule has 0 saturated heterocycles. The van der Waals surface area contributed by atoms with Crippen LogP contribution in [0.15, 0.2) is 47.4 Å². The van der Waals surface area contributed by atoms with Gasteiger partial charge in [-0.2, -0.15) is 0 Å². The van der Waals surface area contributed by atoms with E-state index in [4.69, 9.17) is 0 Å². The van der Waals surface area contributed by atoms with Gasteiger partial charge in [-0.1, -0.05) is 25.1 Å². The minimum Gasteiger partial charge on any atom is -0.351 e. The van der Waals surface area contributed by atoms with E-state index in [-0.39, 0.29) is 10.8 Å². The quantitative estimate of drug-likeness (QED) is 0.619. The van der Waals surface area contributed by atoms with Crippen LogP contribution in [0.1, 0.15) is 28.4 Å². The van der Waals surface area contributed by atoms with Crippen molar-refractivity contribution in [1.29, 1.82) is 0 Å². The number of likely N-dealkylation sites (N-methyl/N-ethyl adjacent to an activating group) is 1. The summed E-state index contributed by atoms with van der Waals surface area (Å²) in [6.07, 6.45) is 0. The Morgan fingerprint density at radius 3 is 2.54 bits per heavy atom. The van der Waals surface area contributed by atoms with Crippen LogP contribution in [0.4, 0.5) is 5.69 Å². The van der Waals surface area contributed by atoms with Crippen molar-refractivity contribution in [3.8, 4) is 0 Å². The topological polar surface area (TPSA) is 87.3 Å². The Kier molecular flexibility index (Phi) is 6.76. The highest BCUT2D eigenvalue weighted by Gasteiger charge is 2.17. The Morgan fingerprint density at radius 2 is 1.81 bits per heavy atom. The van der Waals surface area contributed by atoms with Crippen molar-refractivity contribution < 1.29 is 13.2 Å². The second-order valence-electron chi connectivity index (χ2n) is 6.06. The van der Waals surface area contributed by atoms with Gasteiger partial charge in [-0.05, 0) is 55.8 Å². The van der Waals surface area contributed by atoms with Gasteiger partial charge in [0, 0.05) is 24.3 Å². The fraction of sp³-hybridized carbons (Fsp3) is 0.316. The van der Waals surface area contributed by atoms with Gasteiger partial charge in [-0.3, -0.25) is 9.52 Å². The van der Waals surface area contributed by atoms with E-state index in [0.29, 0.717) is 29.9 Å². The van der Waals surface area contributed by atoms with Crippen molar-refractivity contribution in [2.75, 3.05) is 24.4 Å². The molecule has 0 saturated carbocycles. The van der Waals surface area contributed by atoms with Crippen molar-refractivity contribution in [3.05, 3.63) is 59.2 Å². The molecule has 26 heavy (non-hydrogen) atoms. The molecule has 6 nitrogen and oxygen atoms in total. The molecule has 7 heteroatoms. The van der Waals surface area contributed by atoms with Crippen LogP contribution in [0.3, 0.4) is 0 Å². The summed E-state index contributed by atoms with van der Waals surface area (Å²) in [6.45, 7) is 7.62. The number of rotatable bonds is 8. The lowest BCUT2D eigenvalue weighted by atomic mass is 10.2. The van der Waals surface area contributed by atoms with Gasteiger partial charge in [-0.25, -0.2) is 8.42 Å². The molecule has 0 aliphatic rings. The van der Waals surface area contributed by atoms with E-state index in [1.165, 1.54) is 6.07 Å². The zero-order valence-electron chi connectivity index (χ0n) is 15.3. The molecule has 3 N–H and O–H groups in total. The third-order valence-corrected chi connectivity index (χ3v) is 5.37. The molecule has 0 aliphatic carbocycles. The Morgan fingerprint density at radius 1 is 1.04 bits per heavy atom. The van der Waals surface area contributed by atoms with Crippen LogP contribution in [0.2, 0.25) is 0 Å². The summed E-state index contributed by atoms with van der Waals surface area (Å²) in [5.74, 6) is -0.240. The maximum atomic E-state index is 12.7. The van der Waals surface area contributed by atoms with Gasteiger partial charge in [0.2, 0.25) is 0 Å². The van der Waals surface area contributed by atoms with Gasteiger partial charge in [0.15, 0.2) is 0 Å². The van der Waals surface area contributed by atoms with Gasteiger partial charge >= 0.3 is 0 Å². The summed E-state index contributed by atoms with van der Waals surface area (Å²) in [6, 6.07) is 11.7. The molecule has 1 amide bonds. The Balaban J connectivity index is 2.15.